The van der Waals surface area contributed by atoms with Gasteiger partial charge in [0.05, 0.1) is 30.5 Å². The van der Waals surface area contributed by atoms with Crippen molar-refractivity contribution in [2.24, 2.45) is 85.8 Å². The Morgan fingerprint density at radius 2 is 0.855 bits per heavy atom. The second-order valence-corrected chi connectivity index (χ2v) is 27.1. The van der Waals surface area contributed by atoms with Crippen molar-refractivity contribution in [3.05, 3.63) is 34.9 Å². The van der Waals surface area contributed by atoms with E-state index in [1.54, 1.807) is 11.1 Å². The quantitative estimate of drug-likeness (QED) is 0.258. The molecule has 0 spiro atoms. The number of fused-ring (bicyclic) bond motifs is 15. The number of aliphatic hydroxyl groups excluding tert-OH is 2. The summed E-state index contributed by atoms with van der Waals surface area (Å²) in [5.41, 5.74) is 7.13. The SMILES string of the molecule is CC[C@]12CCC(=O)C=C1CC[C@@H]1[C@@H]2CC[C@]2(C)[C@@H](OC)CC[C@@H]12.CC[C@]12CC[C@@H](O)CC1=CC[C@@H]1[C@@H]2CC[C@]2(C)[C@@H](OC)CC[C@@H]12.CC[C@]12CC[C@H](O)CC1=CC[C@@H]1[C@@H]2CC[C@]2(C)[C@@H](OC)CC[C@@H]12. The molecular weight excluding hydrogens is 853 g/mol. The summed E-state index contributed by atoms with van der Waals surface area (Å²) in [6.45, 7) is 14.7. The average molecular weight is 953 g/mol. The van der Waals surface area contributed by atoms with Crippen LogP contribution in [-0.2, 0) is 19.0 Å². The Morgan fingerprint density at radius 3 is 1.26 bits per heavy atom. The van der Waals surface area contributed by atoms with Gasteiger partial charge in [0.25, 0.3) is 0 Å². The van der Waals surface area contributed by atoms with E-state index >= 15 is 0 Å². The predicted octanol–water partition coefficient (Wildman–Crippen LogP) is 14.4. The van der Waals surface area contributed by atoms with Crippen LogP contribution < -0.4 is 0 Å². The Morgan fingerprint density at radius 1 is 0.464 bits per heavy atom. The van der Waals surface area contributed by atoms with E-state index in [2.05, 4.69) is 53.7 Å². The molecular formula is C63H100O6. The van der Waals surface area contributed by atoms with E-state index in [0.29, 0.717) is 56.6 Å². The van der Waals surface area contributed by atoms with Crippen molar-refractivity contribution in [2.45, 2.75) is 245 Å². The molecule has 6 nitrogen and oxygen atoms in total. The zero-order chi connectivity index (χ0) is 48.7. The molecule has 12 aliphatic carbocycles. The first kappa shape index (κ1) is 51.2. The van der Waals surface area contributed by atoms with Gasteiger partial charge in [0.1, 0.15) is 0 Å². The Bertz CT molecular complexity index is 1880. The van der Waals surface area contributed by atoms with Crippen LogP contribution in [-0.4, -0.2) is 67.8 Å². The number of aliphatic hydroxyl groups is 2. The largest absolute Gasteiger partial charge is 0.393 e. The van der Waals surface area contributed by atoms with Gasteiger partial charge in [-0.15, -0.1) is 0 Å². The molecule has 0 heterocycles. The number of hydrogen-bond donors (Lipinski definition) is 2. The third-order valence-electron chi connectivity index (χ3n) is 25.8. The maximum Gasteiger partial charge on any atom is 0.155 e. The van der Waals surface area contributed by atoms with Gasteiger partial charge in [-0.3, -0.25) is 4.79 Å². The molecule has 0 aromatic heterocycles. The van der Waals surface area contributed by atoms with Crippen LogP contribution in [0.1, 0.15) is 215 Å². The van der Waals surface area contributed by atoms with Crippen LogP contribution in [0.4, 0.5) is 0 Å². The smallest absolute Gasteiger partial charge is 0.155 e. The van der Waals surface area contributed by atoms with Crippen LogP contribution in [0.5, 0.6) is 0 Å². The van der Waals surface area contributed by atoms with Crippen molar-refractivity contribution < 1.29 is 29.2 Å². The molecule has 0 aromatic rings. The molecule has 0 aliphatic heterocycles. The number of ether oxygens (including phenoxy) is 3. The molecule has 0 saturated heterocycles. The highest BCUT2D eigenvalue weighted by molar-refractivity contribution is 5.91. The highest BCUT2D eigenvalue weighted by Crippen LogP contribution is 2.69. The zero-order valence-corrected chi connectivity index (χ0v) is 45.4. The third-order valence-corrected chi connectivity index (χ3v) is 25.8. The van der Waals surface area contributed by atoms with E-state index in [1.807, 2.05) is 27.4 Å². The summed E-state index contributed by atoms with van der Waals surface area (Å²) in [5, 5.41) is 20.3. The minimum Gasteiger partial charge on any atom is -0.393 e. The summed E-state index contributed by atoms with van der Waals surface area (Å²) in [7, 11) is 5.74. The van der Waals surface area contributed by atoms with Gasteiger partial charge in [-0.25, -0.2) is 0 Å². The lowest BCUT2D eigenvalue weighted by molar-refractivity contribution is -0.119. The van der Waals surface area contributed by atoms with Crippen molar-refractivity contribution in [3.8, 4) is 0 Å². The van der Waals surface area contributed by atoms with Crippen LogP contribution in [0.25, 0.3) is 0 Å². The number of allylic oxidation sites excluding steroid dienone is 3. The Hall–Kier alpha value is -1.31. The van der Waals surface area contributed by atoms with Gasteiger partial charge in [-0.05, 0) is 259 Å². The maximum atomic E-state index is 12.0. The number of ketones is 1. The molecule has 9 saturated carbocycles. The van der Waals surface area contributed by atoms with Crippen molar-refractivity contribution >= 4 is 5.78 Å². The minimum atomic E-state index is -0.0873. The monoisotopic (exact) mass is 953 g/mol. The molecule has 388 valence electrons. The van der Waals surface area contributed by atoms with Crippen molar-refractivity contribution in [1.29, 1.82) is 0 Å². The van der Waals surface area contributed by atoms with Gasteiger partial charge >= 0.3 is 0 Å². The zero-order valence-electron chi connectivity index (χ0n) is 45.4. The predicted molar refractivity (Wildman–Crippen MR) is 278 cm³/mol. The molecule has 0 bridgehead atoms. The summed E-state index contributed by atoms with van der Waals surface area (Å²) in [5.74, 6) is 8.01. The highest BCUT2D eigenvalue weighted by Gasteiger charge is 2.63. The van der Waals surface area contributed by atoms with E-state index in [1.165, 1.54) is 140 Å². The van der Waals surface area contributed by atoms with Gasteiger partial charge < -0.3 is 24.4 Å². The molecule has 0 unspecified atom stereocenters. The molecule has 69 heavy (non-hydrogen) atoms. The Labute approximate surface area is 420 Å². The third kappa shape index (κ3) is 7.92. The number of carbonyl (C=O) groups excluding carboxylic acids is 1. The van der Waals surface area contributed by atoms with Gasteiger partial charge in [0.2, 0.25) is 0 Å². The Balaban J connectivity index is 0.000000120. The van der Waals surface area contributed by atoms with E-state index in [4.69, 9.17) is 14.2 Å². The standard InChI is InChI=1S/2C21H34O2.C21H32O2/c3*1-4-21-12-9-15(22)13-14(21)5-6-16-17-7-8-19(23-3)20(17,2)11-10-18(16)21/h2*5,15-19,22H,4,6-13H2,1-3H3;13,16-19H,4-12H2,1-3H3/t15-,16+,17+,18+,19+,20+,21+;15-,16-,17-,18-,19-,20-,21-;16-,17-,18-,19-,20-,21-/m100/s1. The van der Waals surface area contributed by atoms with Crippen LogP contribution in [0.3, 0.4) is 0 Å². The van der Waals surface area contributed by atoms with Crippen LogP contribution >= 0.6 is 0 Å². The first-order chi connectivity index (χ1) is 33.1. The van der Waals surface area contributed by atoms with Gasteiger partial charge in [0.15, 0.2) is 5.78 Å². The molecule has 12 aliphatic rings. The normalized spacial score (nSPS) is 51.3. The number of hydrogen-bond acceptors (Lipinski definition) is 6. The number of rotatable bonds is 6. The topological polar surface area (TPSA) is 85.2 Å². The van der Waals surface area contributed by atoms with Crippen molar-refractivity contribution in [3.63, 3.8) is 0 Å². The number of carbonyl (C=O) groups is 1. The summed E-state index contributed by atoms with van der Waals surface area (Å²) in [6.07, 6.45) is 41.3. The molecule has 12 rings (SSSR count). The van der Waals surface area contributed by atoms with Crippen LogP contribution in [0, 0.1) is 85.8 Å². The van der Waals surface area contributed by atoms with Crippen LogP contribution in [0.2, 0.25) is 0 Å². The summed E-state index contributed by atoms with van der Waals surface area (Å²) in [4.78, 5) is 12.0. The first-order valence-electron chi connectivity index (χ1n) is 29.7. The maximum absolute atomic E-state index is 12.0. The summed E-state index contributed by atoms with van der Waals surface area (Å²) >= 11 is 0. The van der Waals surface area contributed by atoms with Gasteiger partial charge in [0, 0.05) is 27.8 Å². The second kappa shape index (κ2) is 19.4. The fourth-order valence-corrected chi connectivity index (χ4v) is 22.2. The van der Waals surface area contributed by atoms with E-state index < -0.39 is 0 Å². The van der Waals surface area contributed by atoms with Crippen molar-refractivity contribution in [2.75, 3.05) is 21.3 Å². The molecule has 20 atom stereocenters. The molecule has 0 amide bonds. The van der Waals surface area contributed by atoms with Crippen LogP contribution in [0.15, 0.2) is 34.9 Å². The lowest BCUT2D eigenvalue weighted by Crippen LogP contribution is -2.52. The fourth-order valence-electron chi connectivity index (χ4n) is 22.2. The first-order valence-corrected chi connectivity index (χ1v) is 29.7. The molecule has 6 heteroatoms. The number of methoxy groups -OCH3 is 3. The average Bonchev–Trinajstić information content (AvgIpc) is 4.02. The molecule has 0 aromatic carbocycles. The lowest BCUT2D eigenvalue weighted by atomic mass is 9.46. The molecule has 0 radical (unpaired) electrons. The Kier molecular flexibility index (Phi) is 14.4. The highest BCUT2D eigenvalue weighted by atomic mass is 16.5. The van der Waals surface area contributed by atoms with Gasteiger partial charge in [-0.1, -0.05) is 70.4 Å². The van der Waals surface area contributed by atoms with E-state index in [9.17, 15) is 15.0 Å². The van der Waals surface area contributed by atoms with Gasteiger partial charge in [-0.2, -0.15) is 0 Å². The molecule has 9 fully saturated rings. The minimum absolute atomic E-state index is 0.0873. The van der Waals surface area contributed by atoms with E-state index in [-0.39, 0.29) is 12.2 Å². The lowest BCUT2D eigenvalue weighted by Gasteiger charge is -2.59. The van der Waals surface area contributed by atoms with Crippen molar-refractivity contribution in [1.82, 2.24) is 0 Å². The summed E-state index contributed by atoms with van der Waals surface area (Å²) < 4.78 is 17.7. The fraction of sp³-hybridized carbons (Fsp3) is 0.889. The van der Waals surface area contributed by atoms with E-state index in [0.717, 1.165) is 91.8 Å². The second-order valence-electron chi connectivity index (χ2n) is 27.1. The summed E-state index contributed by atoms with van der Waals surface area (Å²) in [6, 6.07) is 0. The molecule has 2 N–H and O–H groups in total.